The summed E-state index contributed by atoms with van der Waals surface area (Å²) < 4.78 is 2.15. The molecule has 0 amide bonds. The Kier molecular flexibility index (Phi) is 4.96. The first kappa shape index (κ1) is 16.5. The molecule has 23 heavy (non-hydrogen) atoms. The van der Waals surface area contributed by atoms with Crippen LogP contribution in [0.1, 0.15) is 23.7 Å². The number of aliphatic carboxylic acids is 1. The molecule has 0 saturated carbocycles. The van der Waals surface area contributed by atoms with E-state index in [1.807, 2.05) is 42.5 Å². The van der Waals surface area contributed by atoms with E-state index in [1.165, 1.54) is 5.52 Å². The number of hydrogen-bond acceptors (Lipinski definition) is 2. The molecule has 2 aromatic carbocycles. The third kappa shape index (κ3) is 3.48. The lowest BCUT2D eigenvalue weighted by atomic mass is 10.00. The van der Waals surface area contributed by atoms with Gasteiger partial charge in [0.1, 0.15) is 0 Å². The number of carboxylic acids is 1. The van der Waals surface area contributed by atoms with Gasteiger partial charge in [-0.25, -0.2) is 0 Å². The molecule has 3 aromatic rings. The van der Waals surface area contributed by atoms with E-state index in [-0.39, 0.29) is 0 Å². The second-order valence-corrected chi connectivity index (χ2v) is 5.30. The maximum Gasteiger partial charge on any atom is 0.300 e. The molecule has 118 valence electrons. The van der Waals surface area contributed by atoms with E-state index in [0.717, 1.165) is 29.1 Å². The summed E-state index contributed by atoms with van der Waals surface area (Å²) in [5, 5.41) is 17.1. The maximum atomic E-state index is 9.00. The highest BCUT2D eigenvalue weighted by Crippen LogP contribution is 2.26. The van der Waals surface area contributed by atoms with E-state index in [9.17, 15) is 0 Å². The third-order valence-electron chi connectivity index (χ3n) is 3.71. The van der Waals surface area contributed by atoms with Crippen LogP contribution >= 0.6 is 0 Å². The van der Waals surface area contributed by atoms with Crippen LogP contribution in [0.3, 0.4) is 0 Å². The average Bonchev–Trinajstić information content (AvgIpc) is 2.79. The van der Waals surface area contributed by atoms with E-state index in [2.05, 4.69) is 30.7 Å². The van der Waals surface area contributed by atoms with Crippen molar-refractivity contribution in [1.29, 1.82) is 5.41 Å². The lowest BCUT2D eigenvalue weighted by molar-refractivity contribution is -0.134. The first-order chi connectivity index (χ1) is 10.9. The maximum absolute atomic E-state index is 9.00. The largest absolute Gasteiger partial charge is 0.481 e. The van der Waals surface area contributed by atoms with Crippen molar-refractivity contribution in [1.82, 2.24) is 4.57 Å². The molecule has 0 bridgehead atoms. The van der Waals surface area contributed by atoms with Gasteiger partial charge in [0, 0.05) is 41.7 Å². The molecule has 1 aromatic heterocycles. The number of hydrogen-bond donors (Lipinski definition) is 2. The number of carboxylic acid groups (broad SMARTS) is 1. The van der Waals surface area contributed by atoms with E-state index in [0.29, 0.717) is 5.71 Å². The Morgan fingerprint density at radius 2 is 1.57 bits per heavy atom. The van der Waals surface area contributed by atoms with Crippen LogP contribution < -0.4 is 0 Å². The van der Waals surface area contributed by atoms with Crippen molar-refractivity contribution in [3.8, 4) is 0 Å². The normalized spacial score (nSPS) is 10.0. The predicted octanol–water partition coefficient (Wildman–Crippen LogP) is 3.99. The fourth-order valence-corrected chi connectivity index (χ4v) is 2.59. The quantitative estimate of drug-likeness (QED) is 0.703. The van der Waals surface area contributed by atoms with Gasteiger partial charge in [0.15, 0.2) is 0 Å². The van der Waals surface area contributed by atoms with Gasteiger partial charge >= 0.3 is 0 Å². The van der Waals surface area contributed by atoms with Crippen molar-refractivity contribution in [3.63, 3.8) is 0 Å². The van der Waals surface area contributed by atoms with E-state index in [1.54, 1.807) is 0 Å². The zero-order valence-electron chi connectivity index (χ0n) is 13.5. The number of aryl methyl sites for hydroxylation is 1. The smallest absolute Gasteiger partial charge is 0.300 e. The standard InChI is InChI=1S/C17H16N2.C2H4O2/c1-12-16(17(18)13-8-4-3-5-9-13)14-10-6-7-11-15(14)19(12)2;1-2(3)4/h3-11,18H,1-2H3;1H3,(H,3,4). The van der Waals surface area contributed by atoms with Crippen molar-refractivity contribution in [2.75, 3.05) is 0 Å². The number of para-hydroxylation sites is 1. The van der Waals surface area contributed by atoms with Gasteiger partial charge in [-0.05, 0) is 13.0 Å². The van der Waals surface area contributed by atoms with E-state index in [4.69, 9.17) is 15.3 Å². The predicted molar refractivity (Wildman–Crippen MR) is 93.3 cm³/mol. The zero-order valence-corrected chi connectivity index (χ0v) is 13.5. The van der Waals surface area contributed by atoms with Crippen LogP contribution in [-0.2, 0) is 11.8 Å². The van der Waals surface area contributed by atoms with Gasteiger partial charge in [-0.15, -0.1) is 0 Å². The van der Waals surface area contributed by atoms with Crippen molar-refractivity contribution < 1.29 is 9.90 Å². The molecular weight excluding hydrogens is 288 g/mol. The molecule has 2 N–H and O–H groups in total. The molecule has 4 nitrogen and oxygen atoms in total. The monoisotopic (exact) mass is 308 g/mol. The Morgan fingerprint density at radius 3 is 2.17 bits per heavy atom. The molecule has 0 radical (unpaired) electrons. The number of aromatic nitrogens is 1. The highest BCUT2D eigenvalue weighted by atomic mass is 16.4. The minimum absolute atomic E-state index is 0.592. The minimum Gasteiger partial charge on any atom is -0.481 e. The second-order valence-electron chi connectivity index (χ2n) is 5.30. The molecule has 0 fully saturated rings. The Morgan fingerprint density at radius 1 is 1.04 bits per heavy atom. The molecule has 0 spiro atoms. The highest BCUT2D eigenvalue weighted by molar-refractivity contribution is 6.18. The van der Waals surface area contributed by atoms with Gasteiger partial charge in [-0.1, -0.05) is 48.5 Å². The van der Waals surface area contributed by atoms with Crippen LogP contribution in [0.15, 0.2) is 54.6 Å². The van der Waals surface area contributed by atoms with Crippen LogP contribution in [0.2, 0.25) is 0 Å². The molecular formula is C19H20N2O2. The number of fused-ring (bicyclic) bond motifs is 1. The number of benzene rings is 2. The van der Waals surface area contributed by atoms with E-state index >= 15 is 0 Å². The summed E-state index contributed by atoms with van der Waals surface area (Å²) in [4.78, 5) is 9.00. The summed E-state index contributed by atoms with van der Waals surface area (Å²) in [5.74, 6) is -0.833. The number of rotatable bonds is 2. The Bertz CT molecular complexity index is 844. The molecule has 4 heteroatoms. The lowest BCUT2D eigenvalue weighted by Crippen LogP contribution is -2.03. The Balaban J connectivity index is 0.000000433. The van der Waals surface area contributed by atoms with Gasteiger partial charge in [0.05, 0.1) is 5.71 Å². The molecule has 0 unspecified atom stereocenters. The number of nitrogens with one attached hydrogen (secondary N) is 1. The molecule has 0 atom stereocenters. The van der Waals surface area contributed by atoms with Crippen LogP contribution in [0.5, 0.6) is 0 Å². The highest BCUT2D eigenvalue weighted by Gasteiger charge is 2.16. The molecule has 0 aliphatic rings. The second kappa shape index (κ2) is 6.92. The number of nitrogens with zero attached hydrogens (tertiary/aromatic N) is 1. The van der Waals surface area contributed by atoms with Crippen molar-refractivity contribution in [2.45, 2.75) is 13.8 Å². The molecule has 1 heterocycles. The summed E-state index contributed by atoms with van der Waals surface area (Å²) >= 11 is 0. The SMILES string of the molecule is CC(=O)O.Cc1c(C(=N)c2ccccc2)c2ccccc2n1C. The van der Waals surface area contributed by atoms with Crippen LogP contribution in [0.25, 0.3) is 10.9 Å². The van der Waals surface area contributed by atoms with Gasteiger partial charge in [-0.3, -0.25) is 10.2 Å². The molecule has 0 aliphatic heterocycles. The van der Waals surface area contributed by atoms with E-state index < -0.39 is 5.97 Å². The van der Waals surface area contributed by atoms with Gasteiger partial charge in [0.2, 0.25) is 0 Å². The summed E-state index contributed by atoms with van der Waals surface area (Å²) in [7, 11) is 2.06. The topological polar surface area (TPSA) is 66.1 Å². The fraction of sp³-hybridized carbons (Fsp3) is 0.158. The fourth-order valence-electron chi connectivity index (χ4n) is 2.59. The lowest BCUT2D eigenvalue weighted by Gasteiger charge is -2.05. The first-order valence-electron chi connectivity index (χ1n) is 7.31. The zero-order chi connectivity index (χ0) is 17.0. The van der Waals surface area contributed by atoms with Crippen molar-refractivity contribution >= 4 is 22.6 Å². The molecule has 0 saturated heterocycles. The van der Waals surface area contributed by atoms with Crippen LogP contribution in [0, 0.1) is 12.3 Å². The molecule has 0 aliphatic carbocycles. The van der Waals surface area contributed by atoms with Gasteiger partial charge in [-0.2, -0.15) is 0 Å². The molecule has 3 rings (SSSR count). The Labute approximate surface area is 135 Å². The Hall–Kier alpha value is -2.88. The minimum atomic E-state index is -0.833. The van der Waals surface area contributed by atoms with Gasteiger partial charge < -0.3 is 9.67 Å². The average molecular weight is 308 g/mol. The van der Waals surface area contributed by atoms with Crippen LogP contribution in [0.4, 0.5) is 0 Å². The van der Waals surface area contributed by atoms with Crippen molar-refractivity contribution in [2.24, 2.45) is 7.05 Å². The summed E-state index contributed by atoms with van der Waals surface area (Å²) in [6.07, 6.45) is 0. The summed E-state index contributed by atoms with van der Waals surface area (Å²) in [6, 6.07) is 18.2. The van der Waals surface area contributed by atoms with Crippen molar-refractivity contribution in [3.05, 3.63) is 71.4 Å². The van der Waals surface area contributed by atoms with Crippen LogP contribution in [-0.4, -0.2) is 21.4 Å². The number of carbonyl (C=O) groups is 1. The third-order valence-corrected chi connectivity index (χ3v) is 3.71. The summed E-state index contributed by atoms with van der Waals surface area (Å²) in [6.45, 7) is 3.16. The first-order valence-corrected chi connectivity index (χ1v) is 7.31. The van der Waals surface area contributed by atoms with Gasteiger partial charge in [0.25, 0.3) is 5.97 Å². The summed E-state index contributed by atoms with van der Waals surface area (Å²) in [5.41, 5.74) is 4.90.